The Bertz CT molecular complexity index is 327. The van der Waals surface area contributed by atoms with Crippen molar-refractivity contribution >= 4 is 12.0 Å². The van der Waals surface area contributed by atoms with Gasteiger partial charge in [-0.05, 0) is 37.5 Å². The Morgan fingerprint density at radius 1 is 1.19 bits per heavy atom. The maximum Gasteiger partial charge on any atom is 0.121 e. The van der Waals surface area contributed by atoms with Gasteiger partial charge in [0.05, 0.1) is 0 Å². The van der Waals surface area contributed by atoms with Gasteiger partial charge in [-0.15, -0.1) is 0 Å². The summed E-state index contributed by atoms with van der Waals surface area (Å²) in [5.74, 6) is 0. The number of carbonyl (C=O) groups excluding carboxylic acids is 1. The van der Waals surface area contributed by atoms with Crippen LogP contribution in [0.2, 0.25) is 0 Å². The topological polar surface area (TPSA) is 29.1 Å². The molecule has 0 radical (unpaired) electrons. The first-order chi connectivity index (χ1) is 7.86. The Hall–Kier alpha value is -1.57. The Balaban J connectivity index is 2.38. The summed E-state index contributed by atoms with van der Waals surface area (Å²) < 4.78 is 0. The van der Waals surface area contributed by atoms with Gasteiger partial charge in [-0.25, -0.2) is 0 Å². The van der Waals surface area contributed by atoms with Crippen LogP contribution in [0.15, 0.2) is 36.4 Å². The molecular weight excluding hydrogens is 198 g/mol. The van der Waals surface area contributed by atoms with E-state index in [0.29, 0.717) is 13.0 Å². The van der Waals surface area contributed by atoms with E-state index in [2.05, 4.69) is 41.7 Å². The first kappa shape index (κ1) is 12.5. The van der Waals surface area contributed by atoms with E-state index >= 15 is 0 Å². The predicted octanol–water partition coefficient (Wildman–Crippen LogP) is 3.20. The molecule has 0 aliphatic rings. The minimum atomic E-state index is 0.559. The average Bonchev–Trinajstić information content (AvgIpc) is 2.32. The molecule has 0 spiro atoms. The molecule has 0 aromatic heterocycles. The van der Waals surface area contributed by atoms with Gasteiger partial charge in [-0.1, -0.05) is 24.3 Å². The van der Waals surface area contributed by atoms with Crippen molar-refractivity contribution in [2.75, 3.05) is 11.9 Å². The zero-order chi connectivity index (χ0) is 11.6. The molecule has 2 nitrogen and oxygen atoms in total. The summed E-state index contributed by atoms with van der Waals surface area (Å²) in [5, 5.41) is 3.19. The van der Waals surface area contributed by atoms with E-state index in [-0.39, 0.29) is 0 Å². The molecule has 0 amide bonds. The number of benzene rings is 1. The van der Waals surface area contributed by atoms with Crippen molar-refractivity contribution in [3.63, 3.8) is 0 Å². The summed E-state index contributed by atoms with van der Waals surface area (Å²) in [6, 6.07) is 8.39. The summed E-state index contributed by atoms with van der Waals surface area (Å²) in [6.07, 6.45) is 7.92. The van der Waals surface area contributed by atoms with Crippen LogP contribution in [0.4, 0.5) is 5.69 Å². The highest BCUT2D eigenvalue weighted by Gasteiger charge is 1.93. The van der Waals surface area contributed by atoms with Crippen molar-refractivity contribution in [3.05, 3.63) is 42.0 Å². The second-order valence-corrected chi connectivity index (χ2v) is 3.69. The van der Waals surface area contributed by atoms with Crippen molar-refractivity contribution in [1.82, 2.24) is 0 Å². The highest BCUT2D eigenvalue weighted by Crippen LogP contribution is 2.11. The van der Waals surface area contributed by atoms with Gasteiger partial charge in [-0.2, -0.15) is 0 Å². The van der Waals surface area contributed by atoms with Gasteiger partial charge in [0.25, 0.3) is 0 Å². The van der Waals surface area contributed by atoms with Crippen LogP contribution < -0.4 is 5.32 Å². The number of aryl methyl sites for hydroxylation is 1. The van der Waals surface area contributed by atoms with E-state index in [9.17, 15) is 4.79 Å². The number of aldehydes is 1. The number of anilines is 1. The molecule has 0 bridgehead atoms. The molecule has 1 rings (SSSR count). The zero-order valence-corrected chi connectivity index (χ0v) is 9.78. The third-order valence-electron chi connectivity index (χ3n) is 2.38. The highest BCUT2D eigenvalue weighted by atomic mass is 16.1. The largest absolute Gasteiger partial charge is 0.385 e. The average molecular weight is 217 g/mol. The Morgan fingerprint density at radius 2 is 1.94 bits per heavy atom. The van der Waals surface area contributed by atoms with Crippen LogP contribution in [0.1, 0.15) is 25.3 Å². The molecule has 0 saturated heterocycles. The lowest BCUT2D eigenvalue weighted by molar-refractivity contribution is -0.107. The molecule has 1 N–H and O–H groups in total. The summed E-state index contributed by atoms with van der Waals surface area (Å²) in [5.41, 5.74) is 2.43. The first-order valence-electron chi connectivity index (χ1n) is 5.74. The Kier molecular flexibility index (Phi) is 6.00. The number of nitrogens with one attached hydrogen (secondary N) is 1. The van der Waals surface area contributed by atoms with Crippen LogP contribution in [0.5, 0.6) is 0 Å². The SMILES string of the molecule is CC=CCCc1ccc(NCCC=O)cc1. The standard InChI is InChI=1S/C14H19NO/c1-2-3-4-6-13-7-9-14(10-8-13)15-11-5-12-16/h2-3,7-10,12,15H,4-6,11H2,1H3. The lowest BCUT2D eigenvalue weighted by Gasteiger charge is -2.05. The molecule has 0 atom stereocenters. The molecule has 0 fully saturated rings. The van der Waals surface area contributed by atoms with Crippen LogP contribution in [0, 0.1) is 0 Å². The van der Waals surface area contributed by atoms with Crippen LogP contribution in [-0.2, 0) is 11.2 Å². The van der Waals surface area contributed by atoms with E-state index < -0.39 is 0 Å². The molecule has 0 heterocycles. The van der Waals surface area contributed by atoms with Crippen molar-refractivity contribution in [3.8, 4) is 0 Å². The minimum absolute atomic E-state index is 0.559. The summed E-state index contributed by atoms with van der Waals surface area (Å²) in [4.78, 5) is 10.1. The fourth-order valence-electron chi connectivity index (χ4n) is 1.48. The van der Waals surface area contributed by atoms with Gasteiger partial charge >= 0.3 is 0 Å². The third kappa shape index (κ3) is 4.78. The lowest BCUT2D eigenvalue weighted by atomic mass is 10.1. The first-order valence-corrected chi connectivity index (χ1v) is 5.74. The minimum Gasteiger partial charge on any atom is -0.385 e. The number of rotatable bonds is 7. The summed E-state index contributed by atoms with van der Waals surface area (Å²) in [6.45, 7) is 2.75. The van der Waals surface area contributed by atoms with Crippen LogP contribution >= 0.6 is 0 Å². The third-order valence-corrected chi connectivity index (χ3v) is 2.38. The fourth-order valence-corrected chi connectivity index (χ4v) is 1.48. The van der Waals surface area contributed by atoms with E-state index in [1.807, 2.05) is 6.92 Å². The number of carbonyl (C=O) groups is 1. The van der Waals surface area contributed by atoms with Gasteiger partial charge in [-0.3, -0.25) is 0 Å². The smallest absolute Gasteiger partial charge is 0.121 e. The maximum atomic E-state index is 10.1. The van der Waals surface area contributed by atoms with Crippen molar-refractivity contribution in [1.29, 1.82) is 0 Å². The monoisotopic (exact) mass is 217 g/mol. The fraction of sp³-hybridized carbons (Fsp3) is 0.357. The second kappa shape index (κ2) is 7.69. The molecule has 1 aromatic rings. The molecule has 86 valence electrons. The molecule has 0 aliphatic carbocycles. The Morgan fingerprint density at radius 3 is 2.56 bits per heavy atom. The number of hydrogen-bond acceptors (Lipinski definition) is 2. The summed E-state index contributed by atoms with van der Waals surface area (Å²) >= 11 is 0. The normalized spacial score (nSPS) is 10.6. The van der Waals surface area contributed by atoms with Gasteiger partial charge in [0.1, 0.15) is 6.29 Å². The van der Waals surface area contributed by atoms with Crippen molar-refractivity contribution < 1.29 is 4.79 Å². The number of allylic oxidation sites excluding steroid dienone is 2. The van der Waals surface area contributed by atoms with Crippen LogP contribution in [-0.4, -0.2) is 12.8 Å². The quantitative estimate of drug-likeness (QED) is 0.432. The molecule has 0 aliphatic heterocycles. The van der Waals surface area contributed by atoms with E-state index in [1.54, 1.807) is 0 Å². The van der Waals surface area contributed by atoms with Crippen LogP contribution in [0.25, 0.3) is 0 Å². The van der Waals surface area contributed by atoms with E-state index in [4.69, 9.17) is 0 Å². The summed E-state index contributed by atoms with van der Waals surface area (Å²) in [7, 11) is 0. The highest BCUT2D eigenvalue weighted by molar-refractivity contribution is 5.52. The lowest BCUT2D eigenvalue weighted by Crippen LogP contribution is -2.01. The molecule has 16 heavy (non-hydrogen) atoms. The zero-order valence-electron chi connectivity index (χ0n) is 9.78. The van der Waals surface area contributed by atoms with Gasteiger partial charge < -0.3 is 10.1 Å². The molecule has 0 saturated carbocycles. The molecule has 2 heteroatoms. The van der Waals surface area contributed by atoms with Gasteiger partial charge in [0.15, 0.2) is 0 Å². The van der Waals surface area contributed by atoms with Gasteiger partial charge in [0, 0.05) is 18.7 Å². The molecule has 1 aromatic carbocycles. The second-order valence-electron chi connectivity index (χ2n) is 3.69. The van der Waals surface area contributed by atoms with Crippen LogP contribution in [0.3, 0.4) is 0 Å². The number of hydrogen-bond donors (Lipinski definition) is 1. The molecular formula is C14H19NO. The predicted molar refractivity (Wildman–Crippen MR) is 68.7 cm³/mol. The van der Waals surface area contributed by atoms with E-state index in [1.165, 1.54) is 5.56 Å². The van der Waals surface area contributed by atoms with Gasteiger partial charge in [0.2, 0.25) is 0 Å². The Labute approximate surface area is 97.4 Å². The van der Waals surface area contributed by atoms with Crippen molar-refractivity contribution in [2.45, 2.75) is 26.2 Å². The van der Waals surface area contributed by atoms with Crippen molar-refractivity contribution in [2.24, 2.45) is 0 Å². The maximum absolute atomic E-state index is 10.1. The van der Waals surface area contributed by atoms with E-state index in [0.717, 1.165) is 24.8 Å². The molecule has 0 unspecified atom stereocenters.